The molecule has 63 heavy (non-hydrogen) atoms. The maximum atomic E-state index is 16.9. The van der Waals surface area contributed by atoms with E-state index in [0.29, 0.717) is 5.82 Å². The molecule has 328 valence electrons. The number of ether oxygens (including phenoxy) is 1. The lowest BCUT2D eigenvalue weighted by Gasteiger charge is -2.45. The standard InChI is InChI=1S/C44H27BF15O2P/c1-5-62-44(61)22(18-63(23-15-9-6-12-19(23)2,24-16-10-7-13-20(24)3)25-17-11-8-14-21(25)4)45(26-29(46)35(52)41(58)36(53)30(26)47,27-31(48)37(54)42(59)38(55)32(27)49)28-33(50)39(56)43(60)40(57)34(28)51/h6-18H,5H2,1-4H3. The van der Waals surface area contributed by atoms with E-state index in [2.05, 4.69) is 0 Å². The topological polar surface area (TPSA) is 26.3 Å². The zero-order valence-corrected chi connectivity index (χ0v) is 33.6. The fraction of sp³-hybridized carbons (Fsp3) is 0.114. The second-order valence-corrected chi connectivity index (χ2v) is 17.4. The Morgan fingerprint density at radius 2 is 0.683 bits per heavy atom. The third kappa shape index (κ3) is 6.97. The minimum absolute atomic E-state index is 0.0623. The van der Waals surface area contributed by atoms with Crippen molar-refractivity contribution in [1.82, 2.24) is 0 Å². The first kappa shape index (κ1) is 46.5. The molecule has 0 aliphatic carbocycles. The normalized spacial score (nSPS) is 12.3. The van der Waals surface area contributed by atoms with Crippen molar-refractivity contribution in [3.63, 3.8) is 0 Å². The molecule has 0 saturated carbocycles. The van der Waals surface area contributed by atoms with Crippen LogP contribution in [0.15, 0.2) is 84.1 Å². The fourth-order valence-corrected chi connectivity index (χ4v) is 12.9. The Morgan fingerprint density at radius 3 is 0.921 bits per heavy atom. The summed E-state index contributed by atoms with van der Waals surface area (Å²) in [5, 5.41) is 0.187. The van der Waals surface area contributed by atoms with Gasteiger partial charge in [0.2, 0.25) is 0 Å². The van der Waals surface area contributed by atoms with Gasteiger partial charge in [0.15, 0.2) is 52.4 Å². The maximum absolute atomic E-state index is 16.9. The van der Waals surface area contributed by atoms with Crippen molar-refractivity contribution in [3.05, 3.63) is 188 Å². The number of halogens is 15. The molecule has 0 saturated heterocycles. The summed E-state index contributed by atoms with van der Waals surface area (Å²) in [7, 11) is -4.41. The van der Waals surface area contributed by atoms with Gasteiger partial charge in [-0.05, 0) is 62.6 Å². The lowest BCUT2D eigenvalue weighted by atomic mass is 9.12. The minimum Gasteiger partial charge on any atom is -0.465 e. The number of aryl methyl sites for hydroxylation is 3. The Kier molecular flexibility index (Phi) is 12.7. The lowest BCUT2D eigenvalue weighted by Crippen LogP contribution is -2.75. The van der Waals surface area contributed by atoms with Gasteiger partial charge in [0.05, 0.1) is 6.61 Å². The van der Waals surface area contributed by atoms with Gasteiger partial charge in [0.1, 0.15) is 64.2 Å². The molecule has 0 spiro atoms. The number of esters is 1. The summed E-state index contributed by atoms with van der Waals surface area (Å²) in [5.41, 5.74) is -10.2. The molecule has 0 fully saturated rings. The molecule has 2 nitrogen and oxygen atoms in total. The highest BCUT2D eigenvalue weighted by atomic mass is 31.2. The van der Waals surface area contributed by atoms with Crippen molar-refractivity contribution in [1.29, 1.82) is 0 Å². The number of rotatable bonds is 10. The number of hydrogen-bond acceptors (Lipinski definition) is 2. The molecule has 0 atom stereocenters. The molecule has 0 aliphatic rings. The number of carbonyl (C=O) groups is 1. The molecule has 0 aromatic heterocycles. The van der Waals surface area contributed by atoms with Gasteiger partial charge < -0.3 is 4.74 Å². The molecule has 0 N–H and O–H groups in total. The van der Waals surface area contributed by atoms with Crippen LogP contribution in [0.3, 0.4) is 0 Å². The third-order valence-corrected chi connectivity index (χ3v) is 15.3. The Bertz CT molecular complexity index is 2540. The Hall–Kier alpha value is -6.03. The largest absolute Gasteiger partial charge is 0.465 e. The van der Waals surface area contributed by atoms with Crippen molar-refractivity contribution in [2.45, 2.75) is 27.7 Å². The van der Waals surface area contributed by atoms with Crippen LogP contribution < -0.4 is 32.3 Å². The molecule has 19 heteroatoms. The van der Waals surface area contributed by atoms with E-state index in [9.17, 15) is 18.0 Å². The number of benzene rings is 6. The zero-order chi connectivity index (χ0) is 46.6. The highest BCUT2D eigenvalue weighted by Crippen LogP contribution is 2.60. The summed E-state index contributed by atoms with van der Waals surface area (Å²) in [5.74, 6) is -49.7. The molecule has 0 amide bonds. The van der Waals surface area contributed by atoms with Gasteiger partial charge in [0, 0.05) is 5.82 Å². The van der Waals surface area contributed by atoms with Crippen LogP contribution in [0.2, 0.25) is 0 Å². The summed E-state index contributed by atoms with van der Waals surface area (Å²) >= 11 is 0. The van der Waals surface area contributed by atoms with Crippen LogP contribution >= 0.6 is 7.26 Å². The molecule has 0 unspecified atom stereocenters. The van der Waals surface area contributed by atoms with Gasteiger partial charge in [-0.3, -0.25) is 4.79 Å². The molecule has 0 aliphatic heterocycles. The van der Waals surface area contributed by atoms with E-state index in [-0.39, 0.29) is 32.6 Å². The van der Waals surface area contributed by atoms with E-state index in [0.717, 1.165) is 6.92 Å². The second kappa shape index (κ2) is 17.3. The van der Waals surface area contributed by atoms with Crippen molar-refractivity contribution < 1.29 is 75.4 Å². The van der Waals surface area contributed by atoms with Crippen molar-refractivity contribution in [2.75, 3.05) is 6.61 Å². The average molecular weight is 914 g/mol. The van der Waals surface area contributed by atoms with Crippen LogP contribution in [0.1, 0.15) is 23.6 Å². The third-order valence-electron chi connectivity index (χ3n) is 10.8. The molecular formula is C44H27BF15O2P. The van der Waals surface area contributed by atoms with Crippen LogP contribution in [-0.2, 0) is 9.53 Å². The Balaban J connectivity index is 2.19. The fourth-order valence-electron chi connectivity index (χ4n) is 8.15. The predicted octanol–water partition coefficient (Wildman–Crippen LogP) is 9.15. The van der Waals surface area contributed by atoms with Crippen molar-refractivity contribution >= 4 is 51.7 Å². The summed E-state index contributed by atoms with van der Waals surface area (Å²) in [6, 6.07) is 17.2. The van der Waals surface area contributed by atoms with Gasteiger partial charge in [-0.2, -0.15) is 0 Å². The molecule has 0 heterocycles. The Labute approximate surface area is 348 Å². The molecule has 6 aromatic rings. The first-order valence-corrected chi connectivity index (χ1v) is 20.2. The van der Waals surface area contributed by atoms with E-state index in [4.69, 9.17) is 4.74 Å². The highest BCUT2D eigenvalue weighted by Gasteiger charge is 2.56. The molecule has 0 radical (unpaired) electrons. The summed E-state index contributed by atoms with van der Waals surface area (Å²) < 4.78 is 245. The van der Waals surface area contributed by atoms with Gasteiger partial charge >= 0.3 is 0 Å². The molecule has 6 aromatic carbocycles. The van der Waals surface area contributed by atoms with Crippen LogP contribution in [0.25, 0.3) is 0 Å². The number of carbonyl (C=O) groups excluding carboxylic acids is 1. The van der Waals surface area contributed by atoms with E-state index in [1.807, 2.05) is 0 Å². The Morgan fingerprint density at radius 1 is 0.444 bits per heavy atom. The SMILES string of the molecule is CCOC(=O)C(=C[P+](c1ccccc1C)(c1ccccc1C)c1ccccc1C)[B-](c1c(F)c(F)c(F)c(F)c1F)(c1c(F)c(F)c(F)c(F)c1F)c1c(F)c(F)c(F)c(F)c1F. The average Bonchev–Trinajstić information content (AvgIpc) is 3.26. The van der Waals surface area contributed by atoms with E-state index in [1.54, 1.807) is 0 Å². The van der Waals surface area contributed by atoms with E-state index in [1.165, 1.54) is 93.6 Å². The minimum atomic E-state index is -6.53. The quantitative estimate of drug-likeness (QED) is 0.0261. The first-order chi connectivity index (χ1) is 29.7. The summed E-state index contributed by atoms with van der Waals surface area (Å²) in [4.78, 5) is 14.9. The van der Waals surface area contributed by atoms with Crippen LogP contribution in [0, 0.1) is 108 Å². The highest BCUT2D eigenvalue weighted by molar-refractivity contribution is 7.98. The maximum Gasteiger partial charge on any atom is 0.299 e. The van der Waals surface area contributed by atoms with Crippen LogP contribution in [-0.4, -0.2) is 18.7 Å². The van der Waals surface area contributed by atoms with Crippen LogP contribution in [0.5, 0.6) is 0 Å². The van der Waals surface area contributed by atoms with Crippen molar-refractivity contribution in [2.24, 2.45) is 0 Å². The second-order valence-electron chi connectivity index (χ2n) is 14.2. The van der Waals surface area contributed by atoms with Gasteiger partial charge in [-0.1, -0.05) is 60.1 Å². The van der Waals surface area contributed by atoms with E-state index >= 15 is 52.7 Å². The summed E-state index contributed by atoms with van der Waals surface area (Å²) in [6.07, 6.45) is -6.53. The lowest BCUT2D eigenvalue weighted by molar-refractivity contribution is -0.137. The van der Waals surface area contributed by atoms with Gasteiger partial charge in [-0.25, -0.2) is 65.9 Å². The molecule has 0 bridgehead atoms. The monoisotopic (exact) mass is 914 g/mol. The van der Waals surface area contributed by atoms with Gasteiger partial charge in [-0.15, -0.1) is 16.4 Å². The number of hydrogen-bond donors (Lipinski definition) is 0. The molecular weight excluding hydrogens is 887 g/mol. The first-order valence-electron chi connectivity index (χ1n) is 18.3. The van der Waals surface area contributed by atoms with Crippen LogP contribution in [0.4, 0.5) is 65.9 Å². The van der Waals surface area contributed by atoms with E-state index < -0.39 is 135 Å². The molecule has 6 rings (SSSR count). The smallest absolute Gasteiger partial charge is 0.299 e. The predicted molar refractivity (Wildman–Crippen MR) is 207 cm³/mol. The zero-order valence-electron chi connectivity index (χ0n) is 32.7. The van der Waals surface area contributed by atoms with Gasteiger partial charge in [0.25, 0.3) is 5.97 Å². The summed E-state index contributed by atoms with van der Waals surface area (Å²) in [6.45, 7) is 4.48. The van der Waals surface area contributed by atoms with Crippen molar-refractivity contribution in [3.8, 4) is 0 Å².